The quantitative estimate of drug-likeness (QED) is 0.230. The van der Waals surface area contributed by atoms with E-state index in [0.29, 0.717) is 12.8 Å². The van der Waals surface area contributed by atoms with Gasteiger partial charge in [0.05, 0.1) is 24.3 Å². The highest BCUT2D eigenvalue weighted by Crippen LogP contribution is 2.40. The van der Waals surface area contributed by atoms with E-state index in [4.69, 9.17) is 30.0 Å². The molecule has 33 heavy (non-hydrogen) atoms. The van der Waals surface area contributed by atoms with Crippen LogP contribution in [0, 0.1) is 11.8 Å². The van der Waals surface area contributed by atoms with Gasteiger partial charge in [-0.15, -0.1) is 0 Å². The highest BCUT2D eigenvalue weighted by Gasteiger charge is 2.54. The highest BCUT2D eigenvalue weighted by atomic mass is 16.8. The van der Waals surface area contributed by atoms with Gasteiger partial charge in [-0.3, -0.25) is 0 Å². The second-order valence-electron chi connectivity index (χ2n) is 8.79. The molecular weight excluding hydrogens is 440 g/mol. The van der Waals surface area contributed by atoms with E-state index in [-0.39, 0.29) is 17.9 Å². The Morgan fingerprint density at radius 3 is 1.97 bits per heavy atom. The summed E-state index contributed by atoms with van der Waals surface area (Å²) < 4.78 is 21.9. The Balaban J connectivity index is 0.000000238. The van der Waals surface area contributed by atoms with Crippen LogP contribution in [0.3, 0.4) is 0 Å². The first-order chi connectivity index (χ1) is 15.6. The standard InChI is InChI=1S/C11H17N3O4.C8H13N3O4/c1-6(5-15)4-7-8(13-14-12)9-10(16-7)18-11(2,3)17-9;1-4(3-12)2-5-6(10-11-9)7(13)8(14)15-5/h5-10H,4H2,1-3H3;3-8,13-14H,2H2,1H3. The molecule has 0 amide bonds. The fourth-order valence-corrected chi connectivity index (χ4v) is 3.92. The van der Waals surface area contributed by atoms with Crippen LogP contribution >= 0.6 is 0 Å². The average molecular weight is 470 g/mol. The van der Waals surface area contributed by atoms with E-state index >= 15 is 0 Å². The lowest BCUT2D eigenvalue weighted by Gasteiger charge is -2.23. The molecule has 184 valence electrons. The Morgan fingerprint density at radius 2 is 1.45 bits per heavy atom. The van der Waals surface area contributed by atoms with Gasteiger partial charge < -0.3 is 38.7 Å². The average Bonchev–Trinajstić information content (AvgIpc) is 3.32. The molecule has 0 bridgehead atoms. The third-order valence-corrected chi connectivity index (χ3v) is 5.49. The van der Waals surface area contributed by atoms with Crippen LogP contribution < -0.4 is 0 Å². The zero-order chi connectivity index (χ0) is 24.8. The van der Waals surface area contributed by atoms with Crippen molar-refractivity contribution in [3.05, 3.63) is 20.9 Å². The predicted octanol–water partition coefficient (Wildman–Crippen LogP) is 1.74. The summed E-state index contributed by atoms with van der Waals surface area (Å²) in [7, 11) is 0. The lowest BCUT2D eigenvalue weighted by atomic mass is 9.99. The van der Waals surface area contributed by atoms with E-state index in [0.717, 1.165) is 12.6 Å². The molecule has 0 aromatic heterocycles. The van der Waals surface area contributed by atoms with E-state index in [1.807, 2.05) is 0 Å². The molecule has 3 rings (SSSR count). The topological polar surface area (TPSA) is 209 Å². The molecular formula is C19H30N6O8. The molecule has 0 aliphatic carbocycles. The van der Waals surface area contributed by atoms with Crippen molar-refractivity contribution in [3.8, 4) is 0 Å². The number of rotatable bonds is 8. The summed E-state index contributed by atoms with van der Waals surface area (Å²) in [6, 6.07) is -1.29. The van der Waals surface area contributed by atoms with E-state index in [9.17, 15) is 19.8 Å². The van der Waals surface area contributed by atoms with Crippen molar-refractivity contribution in [1.82, 2.24) is 0 Å². The van der Waals surface area contributed by atoms with Crippen molar-refractivity contribution < 1.29 is 38.7 Å². The summed E-state index contributed by atoms with van der Waals surface area (Å²) in [4.78, 5) is 26.5. The van der Waals surface area contributed by atoms with Gasteiger partial charge in [-0.1, -0.05) is 24.1 Å². The van der Waals surface area contributed by atoms with Crippen molar-refractivity contribution in [2.75, 3.05) is 0 Å². The van der Waals surface area contributed by atoms with Gasteiger partial charge in [-0.2, -0.15) is 0 Å². The molecule has 10 unspecified atom stereocenters. The minimum absolute atomic E-state index is 0.154. The maximum atomic E-state index is 10.7. The molecule has 0 spiro atoms. The Hall–Kier alpha value is -2.28. The number of hydrogen-bond acceptors (Lipinski definition) is 10. The van der Waals surface area contributed by atoms with E-state index in [2.05, 4.69) is 20.1 Å². The SMILES string of the molecule is CC(C=O)CC1OC(O)C(O)C1N=[N+]=[N-].CC(C=O)CC1OC2OC(C)(C)OC2C1N=[N+]=[N-]. The zero-order valence-corrected chi connectivity index (χ0v) is 18.9. The summed E-state index contributed by atoms with van der Waals surface area (Å²) in [6.45, 7) is 7.04. The number of aliphatic hydroxyl groups is 2. The van der Waals surface area contributed by atoms with Gasteiger partial charge in [0, 0.05) is 21.7 Å². The molecule has 3 saturated heterocycles. The molecule has 3 fully saturated rings. The minimum Gasteiger partial charge on any atom is -0.387 e. The number of azide groups is 2. The largest absolute Gasteiger partial charge is 0.387 e. The molecule has 2 N–H and O–H groups in total. The third kappa shape index (κ3) is 6.85. The van der Waals surface area contributed by atoms with E-state index in [1.54, 1.807) is 27.7 Å². The van der Waals surface area contributed by atoms with Crippen molar-refractivity contribution in [1.29, 1.82) is 0 Å². The van der Waals surface area contributed by atoms with Crippen LogP contribution in [0.5, 0.6) is 0 Å². The second kappa shape index (κ2) is 11.7. The first kappa shape index (κ1) is 27.0. The molecule has 3 aliphatic heterocycles. The van der Waals surface area contributed by atoms with Crippen molar-refractivity contribution in [2.24, 2.45) is 22.1 Å². The Morgan fingerprint density at radius 1 is 0.939 bits per heavy atom. The predicted molar refractivity (Wildman–Crippen MR) is 111 cm³/mol. The number of fused-ring (bicyclic) bond motifs is 1. The van der Waals surface area contributed by atoms with Crippen LogP contribution in [-0.4, -0.2) is 77.7 Å². The molecule has 14 nitrogen and oxygen atoms in total. The summed E-state index contributed by atoms with van der Waals surface area (Å²) in [5.74, 6) is -1.16. The summed E-state index contributed by atoms with van der Waals surface area (Å²) >= 11 is 0. The third-order valence-electron chi connectivity index (χ3n) is 5.49. The van der Waals surface area contributed by atoms with Gasteiger partial charge in [0.1, 0.15) is 24.8 Å². The van der Waals surface area contributed by atoms with Crippen molar-refractivity contribution in [2.45, 2.75) is 95.4 Å². The number of carbonyl (C=O) groups excluding carboxylic acids is 2. The van der Waals surface area contributed by atoms with Gasteiger partial charge in [0.2, 0.25) is 0 Å². The van der Waals surface area contributed by atoms with Crippen LogP contribution in [0.25, 0.3) is 20.9 Å². The molecule has 10 atom stereocenters. The highest BCUT2D eigenvalue weighted by molar-refractivity contribution is 5.53. The van der Waals surface area contributed by atoms with Gasteiger partial charge in [-0.05, 0) is 37.8 Å². The molecule has 14 heteroatoms. The van der Waals surface area contributed by atoms with Crippen LogP contribution in [0.1, 0.15) is 40.5 Å². The van der Waals surface area contributed by atoms with E-state index < -0.39 is 48.8 Å². The number of hydrogen-bond donors (Lipinski definition) is 2. The van der Waals surface area contributed by atoms with Crippen LogP contribution in [-0.2, 0) is 28.5 Å². The normalized spacial score (nSPS) is 38.0. The summed E-state index contributed by atoms with van der Waals surface area (Å²) in [5.41, 5.74) is 16.9. The Labute approximate surface area is 190 Å². The van der Waals surface area contributed by atoms with Crippen LogP contribution in [0.4, 0.5) is 0 Å². The molecule has 0 aromatic carbocycles. The number of ether oxygens (including phenoxy) is 4. The number of carbonyl (C=O) groups is 2. The lowest BCUT2D eigenvalue weighted by Crippen LogP contribution is -2.33. The van der Waals surface area contributed by atoms with Gasteiger partial charge in [-0.25, -0.2) is 0 Å². The van der Waals surface area contributed by atoms with E-state index in [1.165, 1.54) is 0 Å². The van der Waals surface area contributed by atoms with Gasteiger partial charge in [0.25, 0.3) is 0 Å². The van der Waals surface area contributed by atoms with Crippen LogP contribution in [0.15, 0.2) is 10.2 Å². The Kier molecular flexibility index (Phi) is 9.58. The zero-order valence-electron chi connectivity index (χ0n) is 18.9. The summed E-state index contributed by atoms with van der Waals surface area (Å²) in [6.07, 6.45) is -2.08. The summed E-state index contributed by atoms with van der Waals surface area (Å²) in [5, 5.41) is 25.7. The molecule has 3 heterocycles. The van der Waals surface area contributed by atoms with Gasteiger partial charge in [0.15, 0.2) is 18.4 Å². The molecule has 0 aromatic rings. The lowest BCUT2D eigenvalue weighted by molar-refractivity contribution is -0.207. The molecule has 3 aliphatic rings. The fourth-order valence-electron chi connectivity index (χ4n) is 3.92. The fraction of sp³-hybridized carbons (Fsp3) is 0.895. The maximum absolute atomic E-state index is 10.7. The van der Waals surface area contributed by atoms with Gasteiger partial charge >= 0.3 is 0 Å². The maximum Gasteiger partial charge on any atom is 0.187 e. The Bertz CT molecular complexity index is 786. The monoisotopic (exact) mass is 470 g/mol. The van der Waals surface area contributed by atoms with Crippen molar-refractivity contribution in [3.63, 3.8) is 0 Å². The molecule has 0 saturated carbocycles. The van der Waals surface area contributed by atoms with Crippen molar-refractivity contribution >= 4 is 12.6 Å². The second-order valence-corrected chi connectivity index (χ2v) is 8.79. The minimum atomic E-state index is -1.36. The smallest absolute Gasteiger partial charge is 0.187 e. The number of nitrogens with zero attached hydrogens (tertiary/aromatic N) is 6. The first-order valence-corrected chi connectivity index (χ1v) is 10.6. The first-order valence-electron chi connectivity index (χ1n) is 10.6. The number of aldehydes is 2. The number of aliphatic hydroxyl groups excluding tert-OH is 2. The molecule has 0 radical (unpaired) electrons. The van der Waals surface area contributed by atoms with Crippen LogP contribution in [0.2, 0.25) is 0 Å².